The van der Waals surface area contributed by atoms with Gasteiger partial charge in [-0.25, -0.2) is 0 Å². The molecule has 1 aromatic rings. The number of unbranched alkanes of at least 4 members (excludes halogenated alkanes) is 1. The van der Waals surface area contributed by atoms with Crippen LogP contribution >= 0.6 is 0 Å². The van der Waals surface area contributed by atoms with Crippen LogP contribution in [0.2, 0.25) is 0 Å². The first-order chi connectivity index (χ1) is 6.88. The molecular formula is C12H19NO. The van der Waals surface area contributed by atoms with Crippen LogP contribution in [-0.2, 0) is 12.8 Å². The predicted molar refractivity (Wildman–Crippen MR) is 59.2 cm³/mol. The van der Waals surface area contributed by atoms with Crippen molar-refractivity contribution in [3.05, 3.63) is 35.4 Å². The van der Waals surface area contributed by atoms with Crippen molar-refractivity contribution in [2.75, 3.05) is 13.2 Å². The Labute approximate surface area is 85.8 Å². The van der Waals surface area contributed by atoms with E-state index in [0.717, 1.165) is 32.2 Å². The Morgan fingerprint density at radius 3 is 2.21 bits per heavy atom. The van der Waals surface area contributed by atoms with E-state index in [1.54, 1.807) is 0 Å². The minimum Gasteiger partial charge on any atom is -0.396 e. The van der Waals surface area contributed by atoms with E-state index in [-0.39, 0.29) is 6.61 Å². The van der Waals surface area contributed by atoms with Gasteiger partial charge in [0.15, 0.2) is 0 Å². The van der Waals surface area contributed by atoms with E-state index in [1.807, 2.05) is 6.07 Å². The lowest BCUT2D eigenvalue weighted by atomic mass is 10.00. The molecule has 0 aromatic heterocycles. The molecule has 14 heavy (non-hydrogen) atoms. The number of rotatable bonds is 6. The summed E-state index contributed by atoms with van der Waals surface area (Å²) in [5.41, 5.74) is 8.08. The zero-order valence-corrected chi connectivity index (χ0v) is 8.58. The fraction of sp³-hybridized carbons (Fsp3) is 0.500. The molecule has 78 valence electrons. The van der Waals surface area contributed by atoms with E-state index in [1.165, 1.54) is 11.1 Å². The quantitative estimate of drug-likeness (QED) is 0.673. The minimum absolute atomic E-state index is 0.230. The predicted octanol–water partition coefficient (Wildman–Crippen LogP) is 1.50. The number of aliphatic hydroxyl groups is 1. The van der Waals surface area contributed by atoms with Crippen molar-refractivity contribution in [3.8, 4) is 0 Å². The summed E-state index contributed by atoms with van der Waals surface area (Å²) < 4.78 is 0. The second-order valence-corrected chi connectivity index (χ2v) is 3.49. The van der Waals surface area contributed by atoms with Crippen molar-refractivity contribution in [2.45, 2.75) is 25.7 Å². The molecule has 0 aliphatic heterocycles. The number of aliphatic hydroxyl groups excluding tert-OH is 1. The maximum atomic E-state index is 8.90. The van der Waals surface area contributed by atoms with E-state index in [2.05, 4.69) is 18.2 Å². The molecule has 0 heterocycles. The maximum absolute atomic E-state index is 8.90. The van der Waals surface area contributed by atoms with Gasteiger partial charge in [0.25, 0.3) is 0 Å². The highest BCUT2D eigenvalue weighted by molar-refractivity contribution is 5.27. The molecule has 0 aliphatic rings. The molecule has 0 saturated heterocycles. The van der Waals surface area contributed by atoms with Crippen molar-refractivity contribution >= 4 is 0 Å². The van der Waals surface area contributed by atoms with E-state index >= 15 is 0 Å². The summed E-state index contributed by atoms with van der Waals surface area (Å²) in [7, 11) is 0. The van der Waals surface area contributed by atoms with Gasteiger partial charge in [0.1, 0.15) is 0 Å². The Morgan fingerprint density at radius 1 is 1.00 bits per heavy atom. The van der Waals surface area contributed by atoms with Crippen LogP contribution in [0.5, 0.6) is 0 Å². The first-order valence-corrected chi connectivity index (χ1v) is 5.26. The highest BCUT2D eigenvalue weighted by Crippen LogP contribution is 2.12. The number of nitrogens with two attached hydrogens (primary N) is 1. The Kier molecular flexibility index (Phi) is 5.27. The smallest absolute Gasteiger partial charge is 0.0471 e. The van der Waals surface area contributed by atoms with Crippen LogP contribution in [0.4, 0.5) is 0 Å². The Balaban J connectivity index is 2.55. The number of hydrogen-bond donors (Lipinski definition) is 2. The van der Waals surface area contributed by atoms with Gasteiger partial charge in [0.05, 0.1) is 0 Å². The minimum atomic E-state index is 0.230. The third-order valence-electron chi connectivity index (χ3n) is 2.40. The molecule has 0 bridgehead atoms. The average Bonchev–Trinajstić information content (AvgIpc) is 2.21. The first kappa shape index (κ1) is 11.2. The van der Waals surface area contributed by atoms with Crippen LogP contribution in [0.3, 0.4) is 0 Å². The standard InChI is InChI=1S/C12H19NO/c13-9-4-3-7-11-5-1-2-6-12(11)8-10-14/h1-2,5-6,14H,3-4,7-10,13H2. The van der Waals surface area contributed by atoms with Crippen LogP contribution < -0.4 is 5.73 Å². The van der Waals surface area contributed by atoms with Gasteiger partial charge in [-0.05, 0) is 43.4 Å². The van der Waals surface area contributed by atoms with Gasteiger partial charge in [-0.1, -0.05) is 24.3 Å². The summed E-state index contributed by atoms with van der Waals surface area (Å²) in [6.45, 7) is 0.996. The Hall–Kier alpha value is -0.860. The van der Waals surface area contributed by atoms with Crippen molar-refractivity contribution in [3.63, 3.8) is 0 Å². The summed E-state index contributed by atoms with van der Waals surface area (Å²) in [5.74, 6) is 0. The van der Waals surface area contributed by atoms with Gasteiger partial charge in [0, 0.05) is 6.61 Å². The zero-order valence-electron chi connectivity index (χ0n) is 8.58. The van der Waals surface area contributed by atoms with Crippen LogP contribution in [0.1, 0.15) is 24.0 Å². The zero-order chi connectivity index (χ0) is 10.2. The van der Waals surface area contributed by atoms with E-state index in [0.29, 0.717) is 0 Å². The Bertz CT molecular complexity index is 260. The van der Waals surface area contributed by atoms with Gasteiger partial charge in [-0.15, -0.1) is 0 Å². The summed E-state index contributed by atoms with van der Waals surface area (Å²) >= 11 is 0. The van der Waals surface area contributed by atoms with Crippen molar-refractivity contribution < 1.29 is 5.11 Å². The topological polar surface area (TPSA) is 46.2 Å². The van der Waals surface area contributed by atoms with Gasteiger partial charge in [-0.3, -0.25) is 0 Å². The van der Waals surface area contributed by atoms with E-state index in [9.17, 15) is 0 Å². The summed E-state index contributed by atoms with van der Waals surface area (Å²) in [4.78, 5) is 0. The molecule has 3 N–H and O–H groups in total. The molecule has 0 spiro atoms. The molecule has 0 radical (unpaired) electrons. The lowest BCUT2D eigenvalue weighted by Gasteiger charge is -2.07. The normalized spacial score (nSPS) is 10.4. The van der Waals surface area contributed by atoms with Crippen LogP contribution in [0, 0.1) is 0 Å². The molecule has 2 nitrogen and oxygen atoms in total. The summed E-state index contributed by atoms with van der Waals surface area (Å²) in [6, 6.07) is 8.31. The van der Waals surface area contributed by atoms with Crippen LogP contribution in [0.15, 0.2) is 24.3 Å². The van der Waals surface area contributed by atoms with E-state index < -0.39 is 0 Å². The number of hydrogen-bond acceptors (Lipinski definition) is 2. The van der Waals surface area contributed by atoms with Crippen molar-refractivity contribution in [1.29, 1.82) is 0 Å². The second-order valence-electron chi connectivity index (χ2n) is 3.49. The second kappa shape index (κ2) is 6.57. The van der Waals surface area contributed by atoms with Gasteiger partial charge < -0.3 is 10.8 Å². The third-order valence-corrected chi connectivity index (χ3v) is 2.40. The fourth-order valence-electron chi connectivity index (χ4n) is 1.63. The van der Waals surface area contributed by atoms with Crippen molar-refractivity contribution in [1.82, 2.24) is 0 Å². The van der Waals surface area contributed by atoms with Crippen LogP contribution in [0.25, 0.3) is 0 Å². The fourth-order valence-corrected chi connectivity index (χ4v) is 1.63. The molecule has 2 heteroatoms. The summed E-state index contributed by atoms with van der Waals surface area (Å²) in [5, 5.41) is 8.90. The largest absolute Gasteiger partial charge is 0.396 e. The van der Waals surface area contributed by atoms with Gasteiger partial charge >= 0.3 is 0 Å². The van der Waals surface area contributed by atoms with E-state index in [4.69, 9.17) is 10.8 Å². The monoisotopic (exact) mass is 193 g/mol. The molecule has 1 rings (SSSR count). The molecule has 0 atom stereocenters. The molecule has 1 aromatic carbocycles. The molecule has 0 saturated carbocycles. The Morgan fingerprint density at radius 2 is 1.64 bits per heavy atom. The average molecular weight is 193 g/mol. The maximum Gasteiger partial charge on any atom is 0.0471 e. The highest BCUT2D eigenvalue weighted by Gasteiger charge is 2.00. The molecule has 0 fully saturated rings. The molecule has 0 aliphatic carbocycles. The number of benzene rings is 1. The lowest BCUT2D eigenvalue weighted by Crippen LogP contribution is -2.01. The molecule has 0 unspecified atom stereocenters. The highest BCUT2D eigenvalue weighted by atomic mass is 16.2. The van der Waals surface area contributed by atoms with Gasteiger partial charge in [-0.2, -0.15) is 0 Å². The first-order valence-electron chi connectivity index (χ1n) is 5.26. The SMILES string of the molecule is NCCCCc1ccccc1CCO. The summed E-state index contributed by atoms with van der Waals surface area (Å²) in [6.07, 6.45) is 4.05. The lowest BCUT2D eigenvalue weighted by molar-refractivity contribution is 0.299. The third kappa shape index (κ3) is 3.48. The van der Waals surface area contributed by atoms with Crippen molar-refractivity contribution in [2.24, 2.45) is 5.73 Å². The van der Waals surface area contributed by atoms with Gasteiger partial charge in [0.2, 0.25) is 0 Å². The van der Waals surface area contributed by atoms with Crippen LogP contribution in [-0.4, -0.2) is 18.3 Å². The molecular weight excluding hydrogens is 174 g/mol. The number of aryl methyl sites for hydroxylation is 1. The molecule has 0 amide bonds.